The summed E-state index contributed by atoms with van der Waals surface area (Å²) in [6.07, 6.45) is 12.5. The van der Waals surface area contributed by atoms with E-state index in [2.05, 4.69) is 90.5 Å². The third-order valence-electron chi connectivity index (χ3n) is 17.3. The van der Waals surface area contributed by atoms with Crippen LogP contribution in [0, 0.1) is 0 Å². The molecular formula is C85H86ClN17O15S6. The first-order chi connectivity index (χ1) is 59.3. The van der Waals surface area contributed by atoms with E-state index in [9.17, 15) is 66.5 Å². The number of aromatic nitrogens is 5. The molecule has 0 aliphatic carbocycles. The Balaban J connectivity index is 0.000000176. The number of anilines is 9. The van der Waals surface area contributed by atoms with Crippen LogP contribution < -0.4 is 53.2 Å². The Morgan fingerprint density at radius 3 is 1.14 bits per heavy atom. The number of nitrogens with one attached hydrogen (secondary N) is 10. The molecule has 11 amide bonds. The first-order valence-corrected chi connectivity index (χ1v) is 44.7. The molecule has 0 bridgehead atoms. The molecule has 1 atom stereocenters. The summed E-state index contributed by atoms with van der Waals surface area (Å²) in [4.78, 5) is 180. The highest BCUT2D eigenvalue weighted by Gasteiger charge is 2.27. The third-order valence-corrected chi connectivity index (χ3v) is 23.1. The van der Waals surface area contributed by atoms with Crippen molar-refractivity contribution in [2.24, 2.45) is 0 Å². The fraction of sp³-hybridized carbons (Fsp3) is 0.212. The zero-order valence-corrected chi connectivity index (χ0v) is 73.7. The molecule has 644 valence electrons. The Bertz CT molecular complexity index is 5740. The van der Waals surface area contributed by atoms with Gasteiger partial charge in [0.2, 0.25) is 17.7 Å². The SMILES string of the molecule is C=C(NC)c1ccsc1NC(=O)c1ccnc(CC(C)=O)c1.C=S(C)(=O)c1ccsc1NC(=O)c1ccnc(CC(C)=O)c1.CC(=O)Nc1cc(C(=O)Nc2sccc2C(=O)N2CCCCC2)ccn1.CC(=O)Nc1cc(C(=O)Nc2sccc2C(=O)N2CCOCC2)ccn1.CC(=O)Nc1cc(C(=O)Nc2sccc2C(=O)Nc2ccc(Cl)cc2)ccn1. The number of piperidine rings is 1. The quantitative estimate of drug-likeness (QED) is 0.0251. The Labute approximate surface area is 738 Å². The van der Waals surface area contributed by atoms with Gasteiger partial charge in [-0.1, -0.05) is 18.2 Å². The molecule has 1 aromatic carbocycles. The van der Waals surface area contributed by atoms with E-state index >= 15 is 0 Å². The molecule has 39 heteroatoms. The Hall–Kier alpha value is -13.2. The topological polar surface area (TPSA) is 439 Å². The fourth-order valence-electron chi connectivity index (χ4n) is 11.5. The molecule has 124 heavy (non-hydrogen) atoms. The molecule has 2 saturated heterocycles. The molecule has 2 aliphatic heterocycles. The zero-order valence-electron chi connectivity index (χ0n) is 68.0. The van der Waals surface area contributed by atoms with Crippen molar-refractivity contribution >= 4 is 214 Å². The van der Waals surface area contributed by atoms with Crippen molar-refractivity contribution < 1.29 is 71.3 Å². The molecule has 2 fully saturated rings. The van der Waals surface area contributed by atoms with Gasteiger partial charge in [0.25, 0.3) is 47.3 Å². The van der Waals surface area contributed by atoms with Gasteiger partial charge in [0, 0.05) is 165 Å². The highest BCUT2D eigenvalue weighted by atomic mass is 35.5. The molecular weight excluding hydrogens is 1730 g/mol. The molecule has 13 rings (SSSR count). The maximum Gasteiger partial charge on any atom is 0.258 e. The lowest BCUT2D eigenvalue weighted by atomic mass is 10.1. The number of carbonyl (C=O) groups is 13. The Morgan fingerprint density at radius 2 is 0.750 bits per heavy atom. The predicted octanol–water partition coefficient (Wildman–Crippen LogP) is 14.0. The average Bonchev–Trinajstić information content (AvgIpc) is 1.67. The number of nitrogens with zero attached hydrogens (tertiary/aromatic N) is 7. The van der Waals surface area contributed by atoms with Crippen LogP contribution in [0.2, 0.25) is 5.02 Å². The van der Waals surface area contributed by atoms with Crippen molar-refractivity contribution in [3.8, 4) is 0 Å². The van der Waals surface area contributed by atoms with Gasteiger partial charge in [-0.2, -0.15) is 0 Å². The second-order valence-corrected chi connectivity index (χ2v) is 34.6. The van der Waals surface area contributed by atoms with Crippen molar-refractivity contribution in [1.82, 2.24) is 40.0 Å². The number of hydrogen-bond donors (Lipinski definition) is 10. The molecule has 0 radical (unpaired) electrons. The highest BCUT2D eigenvalue weighted by molar-refractivity contribution is 8.00. The van der Waals surface area contributed by atoms with Crippen molar-refractivity contribution in [3.05, 3.63) is 246 Å². The predicted molar refractivity (Wildman–Crippen MR) is 488 cm³/mol. The molecule has 0 saturated carbocycles. The average molecular weight is 1810 g/mol. The number of benzene rings is 1. The molecule has 11 aromatic rings. The van der Waals surface area contributed by atoms with Crippen molar-refractivity contribution in [2.75, 3.05) is 101 Å². The largest absolute Gasteiger partial charge is 0.388 e. The van der Waals surface area contributed by atoms with Gasteiger partial charge in [-0.15, -0.1) is 56.7 Å². The lowest BCUT2D eigenvalue weighted by Gasteiger charge is -2.26. The first-order valence-electron chi connectivity index (χ1n) is 37.8. The van der Waals surface area contributed by atoms with E-state index < -0.39 is 15.4 Å². The van der Waals surface area contributed by atoms with Crippen LogP contribution in [0.25, 0.3) is 5.70 Å². The molecule has 12 heterocycles. The van der Waals surface area contributed by atoms with Crippen LogP contribution in [0.15, 0.2) is 185 Å². The third kappa shape index (κ3) is 29.0. The molecule has 10 aromatic heterocycles. The van der Waals surface area contributed by atoms with E-state index in [0.717, 1.165) is 48.6 Å². The summed E-state index contributed by atoms with van der Waals surface area (Å²) in [7, 11) is -0.623. The molecule has 32 nitrogen and oxygen atoms in total. The van der Waals surface area contributed by atoms with Crippen molar-refractivity contribution in [1.29, 1.82) is 0 Å². The summed E-state index contributed by atoms with van der Waals surface area (Å²) in [5.74, 6) is 1.43. The highest BCUT2D eigenvalue weighted by Crippen LogP contribution is 2.33. The standard InChI is InChI=1S/C19H15ClN4O3S.C18H20N4O3S.C17H18N4O4S.C16H17N3O2S.C15H16N2O3S2/c1-11(25)22-16-10-12(6-8-21-16)17(26)24-19-15(7-9-28-19)18(27)23-14-4-2-13(20)3-5-14;1-12(23)20-15-11-13(5-7-19-15)16(24)21-17-14(6-10-26-17)18(25)22-8-3-2-4-9-22;1-11(22)19-14-10-12(2-4-18-14)15(23)20-16-13(3-9-26-16)17(24)21-5-7-25-8-6-21;1-10(20)8-13-9-12(4-6-18-13)15(21)19-16-14(5-7-22-16)11(2)17-3;1-10(18)8-12-9-11(4-6-16-12)14(19)17-15-13(5-7-21-15)22(2,3)20/h2-10H,1H3,(H,23,27)(H,24,26)(H,21,22,25);5-7,10-11H,2-4,8-9H2,1H3,(H,21,24)(H,19,20,23);2-4,9-10H,5-8H2,1H3,(H,20,23)(H,18,19,22);4-7,9,17H,2,8H2,1,3H3,(H,19,21);4-7,9H,2,8H2,1,3H3,(H,17,19). The van der Waals surface area contributed by atoms with Gasteiger partial charge in [0.1, 0.15) is 54.0 Å². The first kappa shape index (κ1) is 94.6. The minimum absolute atomic E-state index is 0.0101. The van der Waals surface area contributed by atoms with Gasteiger partial charge in [-0.3, -0.25) is 76.5 Å². The van der Waals surface area contributed by atoms with Crippen LogP contribution in [0.5, 0.6) is 0 Å². The van der Waals surface area contributed by atoms with Gasteiger partial charge < -0.3 is 67.7 Å². The zero-order chi connectivity index (χ0) is 89.6. The lowest BCUT2D eigenvalue weighted by Crippen LogP contribution is -2.40. The normalized spacial score (nSPS) is 12.3. The summed E-state index contributed by atoms with van der Waals surface area (Å²) < 4.78 is 17.3. The van der Waals surface area contributed by atoms with Crippen LogP contribution in [0.1, 0.15) is 154 Å². The van der Waals surface area contributed by atoms with Gasteiger partial charge in [-0.05, 0) is 191 Å². The number of hydrogen-bond acceptors (Lipinski definition) is 26. The number of ether oxygens (including phenoxy) is 1. The van der Waals surface area contributed by atoms with E-state index in [1.807, 2.05) is 16.3 Å². The smallest absolute Gasteiger partial charge is 0.258 e. The van der Waals surface area contributed by atoms with Gasteiger partial charge in [-0.25, -0.2) is 15.0 Å². The summed E-state index contributed by atoms with van der Waals surface area (Å²) in [5.41, 5.74) is 6.50. The molecule has 1 unspecified atom stereocenters. The minimum Gasteiger partial charge on any atom is -0.388 e. The van der Waals surface area contributed by atoms with E-state index in [1.165, 1.54) is 159 Å². The molecule has 2 aliphatic rings. The van der Waals surface area contributed by atoms with Crippen LogP contribution in [-0.4, -0.2) is 174 Å². The monoisotopic (exact) mass is 1810 g/mol. The Kier molecular flexibility index (Phi) is 35.2. The number of pyridine rings is 5. The van der Waals surface area contributed by atoms with Crippen LogP contribution in [0.3, 0.4) is 0 Å². The number of halogens is 1. The molecule has 0 spiro atoms. The molecule has 10 N–H and O–H groups in total. The number of Topliss-reactive ketones (excluding diaryl/α,β-unsaturated/α-hetero) is 2. The number of carbonyl (C=O) groups excluding carboxylic acids is 13. The van der Waals surface area contributed by atoms with Crippen molar-refractivity contribution in [2.45, 2.75) is 71.6 Å². The fourth-order valence-corrected chi connectivity index (χ4v) is 17.0. The minimum atomic E-state index is -2.40. The van der Waals surface area contributed by atoms with E-state index in [1.54, 1.807) is 112 Å². The van der Waals surface area contributed by atoms with Crippen molar-refractivity contribution in [3.63, 3.8) is 0 Å². The summed E-state index contributed by atoms with van der Waals surface area (Å²) >= 11 is 12.4. The maximum atomic E-state index is 12.7. The summed E-state index contributed by atoms with van der Waals surface area (Å²) in [6.45, 7) is 14.6. The number of amides is 11. The number of morpholine rings is 1. The summed E-state index contributed by atoms with van der Waals surface area (Å²) in [5, 5.41) is 39.4. The Morgan fingerprint density at radius 1 is 0.411 bits per heavy atom. The second kappa shape index (κ2) is 46.2. The van der Waals surface area contributed by atoms with Crippen LogP contribution in [0.4, 0.5) is 48.1 Å². The number of ketones is 2. The second-order valence-electron chi connectivity index (χ2n) is 27.2. The van der Waals surface area contributed by atoms with E-state index in [4.69, 9.17) is 16.3 Å². The van der Waals surface area contributed by atoms with Crippen LogP contribution >= 0.6 is 68.3 Å². The lowest BCUT2D eigenvalue weighted by molar-refractivity contribution is -0.117. The maximum absolute atomic E-state index is 12.7. The summed E-state index contributed by atoms with van der Waals surface area (Å²) in [6, 6.07) is 30.8. The van der Waals surface area contributed by atoms with Crippen LogP contribution in [-0.2, 0) is 51.1 Å². The van der Waals surface area contributed by atoms with E-state index in [-0.39, 0.29) is 89.3 Å². The van der Waals surface area contributed by atoms with Gasteiger partial charge in [0.15, 0.2) is 0 Å². The number of likely N-dealkylation sites (tertiary alicyclic amines) is 1. The van der Waals surface area contributed by atoms with E-state index in [0.29, 0.717) is 129 Å². The van der Waals surface area contributed by atoms with Gasteiger partial charge >= 0.3 is 0 Å². The van der Waals surface area contributed by atoms with Gasteiger partial charge in [0.05, 0.1) is 34.8 Å². The number of rotatable bonds is 24. The number of thiophene rings is 5.